The standard InChI is InChI=1S/C21H32N4O4/c1-12-8-14(24-20(27)29-21(3,4)5)11-25(10-12)19-15-6-7-17(28-13(2)26)18(15)23-9-16(19)22/h9,12,14,17H,6-8,10-11,22H2,1-5H3,(H,24,27)/t12-,14?,17?/m1/s1. The number of nitrogens with zero attached hydrogens (tertiary/aromatic N) is 2. The number of fused-ring (bicyclic) bond motifs is 1. The lowest BCUT2D eigenvalue weighted by molar-refractivity contribution is -0.146. The van der Waals surface area contributed by atoms with Crippen molar-refractivity contribution in [3.63, 3.8) is 0 Å². The number of rotatable bonds is 3. The number of hydrogen-bond acceptors (Lipinski definition) is 7. The fourth-order valence-corrected chi connectivity index (χ4v) is 4.31. The van der Waals surface area contributed by atoms with Gasteiger partial charge >= 0.3 is 12.1 Å². The van der Waals surface area contributed by atoms with E-state index in [0.29, 0.717) is 24.6 Å². The van der Waals surface area contributed by atoms with Crippen molar-refractivity contribution in [3.05, 3.63) is 17.5 Å². The van der Waals surface area contributed by atoms with Crippen LogP contribution in [-0.4, -0.2) is 41.8 Å². The molecule has 2 heterocycles. The predicted molar refractivity (Wildman–Crippen MR) is 111 cm³/mol. The molecular formula is C21H32N4O4. The van der Waals surface area contributed by atoms with Gasteiger partial charge in [-0.1, -0.05) is 6.92 Å². The second-order valence-electron chi connectivity index (χ2n) is 9.15. The first-order valence-electron chi connectivity index (χ1n) is 10.2. The Morgan fingerprint density at radius 1 is 1.31 bits per heavy atom. The lowest BCUT2D eigenvalue weighted by atomic mass is 9.94. The highest BCUT2D eigenvalue weighted by atomic mass is 16.6. The van der Waals surface area contributed by atoms with Gasteiger partial charge in [-0.3, -0.25) is 9.78 Å². The van der Waals surface area contributed by atoms with E-state index in [0.717, 1.165) is 36.3 Å². The van der Waals surface area contributed by atoms with Crippen molar-refractivity contribution < 1.29 is 19.1 Å². The van der Waals surface area contributed by atoms with Gasteiger partial charge in [0.05, 0.1) is 23.3 Å². The monoisotopic (exact) mass is 404 g/mol. The van der Waals surface area contributed by atoms with Gasteiger partial charge in [0.2, 0.25) is 0 Å². The Morgan fingerprint density at radius 2 is 2.03 bits per heavy atom. The van der Waals surface area contributed by atoms with Crippen LogP contribution in [0.15, 0.2) is 6.20 Å². The van der Waals surface area contributed by atoms with Gasteiger partial charge in [0.1, 0.15) is 11.7 Å². The average Bonchev–Trinajstić information content (AvgIpc) is 2.94. The molecule has 1 aromatic rings. The number of carbonyl (C=O) groups is 2. The maximum Gasteiger partial charge on any atom is 0.407 e. The van der Waals surface area contributed by atoms with Crippen LogP contribution < -0.4 is 16.0 Å². The number of nitrogens with two attached hydrogens (primary N) is 1. The molecule has 0 saturated carbocycles. The minimum atomic E-state index is -0.536. The number of alkyl carbamates (subject to hydrolysis) is 1. The first-order chi connectivity index (χ1) is 13.5. The summed E-state index contributed by atoms with van der Waals surface area (Å²) in [5.41, 5.74) is 9.18. The topological polar surface area (TPSA) is 107 Å². The van der Waals surface area contributed by atoms with Gasteiger partial charge in [0, 0.05) is 31.6 Å². The van der Waals surface area contributed by atoms with Crippen LogP contribution in [0.2, 0.25) is 0 Å². The first-order valence-corrected chi connectivity index (χ1v) is 10.2. The van der Waals surface area contributed by atoms with Gasteiger partial charge in [-0.15, -0.1) is 0 Å². The molecule has 2 unspecified atom stereocenters. The second kappa shape index (κ2) is 8.08. The zero-order valence-corrected chi connectivity index (χ0v) is 17.9. The van der Waals surface area contributed by atoms with Crippen molar-refractivity contribution in [1.82, 2.24) is 10.3 Å². The molecule has 29 heavy (non-hydrogen) atoms. The molecule has 1 aliphatic heterocycles. The third-order valence-electron chi connectivity index (χ3n) is 5.18. The molecule has 3 atom stereocenters. The van der Waals surface area contributed by atoms with E-state index in [4.69, 9.17) is 15.2 Å². The van der Waals surface area contributed by atoms with Crippen LogP contribution in [0.1, 0.15) is 64.8 Å². The first kappa shape index (κ1) is 21.2. The number of carbonyl (C=O) groups excluding carboxylic acids is 2. The zero-order valence-electron chi connectivity index (χ0n) is 17.9. The molecule has 0 aromatic carbocycles. The van der Waals surface area contributed by atoms with Gasteiger partial charge in [0.15, 0.2) is 0 Å². The lowest BCUT2D eigenvalue weighted by Crippen LogP contribution is -2.51. The third-order valence-corrected chi connectivity index (χ3v) is 5.18. The van der Waals surface area contributed by atoms with Gasteiger partial charge < -0.3 is 25.4 Å². The fraction of sp³-hybridized carbons (Fsp3) is 0.667. The highest BCUT2D eigenvalue weighted by molar-refractivity contribution is 5.74. The Kier molecular flexibility index (Phi) is 5.91. The number of anilines is 2. The van der Waals surface area contributed by atoms with Gasteiger partial charge in [-0.25, -0.2) is 4.79 Å². The molecule has 1 amide bonds. The molecule has 0 radical (unpaired) electrons. The summed E-state index contributed by atoms with van der Waals surface area (Å²) in [7, 11) is 0. The predicted octanol–water partition coefficient (Wildman–Crippen LogP) is 2.95. The van der Waals surface area contributed by atoms with Crippen LogP contribution in [0, 0.1) is 5.92 Å². The molecular weight excluding hydrogens is 372 g/mol. The maximum atomic E-state index is 12.2. The van der Waals surface area contributed by atoms with E-state index < -0.39 is 11.7 Å². The van der Waals surface area contributed by atoms with E-state index in [1.165, 1.54) is 6.92 Å². The highest BCUT2D eigenvalue weighted by Gasteiger charge is 2.34. The molecule has 2 aliphatic rings. The SMILES string of the molecule is CC(=O)OC1CCc2c1ncc(N)c2N1CC(NC(=O)OC(C)(C)C)C[C@@H](C)C1. The van der Waals surface area contributed by atoms with Gasteiger partial charge in [0.25, 0.3) is 0 Å². The average molecular weight is 405 g/mol. The molecule has 8 nitrogen and oxygen atoms in total. The minimum Gasteiger partial charge on any atom is -0.456 e. The van der Waals surface area contributed by atoms with Crippen molar-refractivity contribution in [1.29, 1.82) is 0 Å². The number of piperidine rings is 1. The van der Waals surface area contributed by atoms with Crippen LogP contribution in [0.4, 0.5) is 16.2 Å². The summed E-state index contributed by atoms with van der Waals surface area (Å²) in [5, 5.41) is 3.00. The van der Waals surface area contributed by atoms with Crippen LogP contribution in [0.25, 0.3) is 0 Å². The van der Waals surface area contributed by atoms with E-state index in [9.17, 15) is 9.59 Å². The Balaban J connectivity index is 1.80. The summed E-state index contributed by atoms with van der Waals surface area (Å²) >= 11 is 0. The van der Waals surface area contributed by atoms with Crippen LogP contribution >= 0.6 is 0 Å². The van der Waals surface area contributed by atoms with E-state index in [1.807, 2.05) is 20.8 Å². The smallest absolute Gasteiger partial charge is 0.407 e. The number of amides is 1. The molecule has 160 valence electrons. The Morgan fingerprint density at radius 3 is 2.69 bits per heavy atom. The van der Waals surface area contributed by atoms with Crippen LogP contribution in [-0.2, 0) is 20.7 Å². The summed E-state index contributed by atoms with van der Waals surface area (Å²) in [4.78, 5) is 30.3. The molecule has 1 fully saturated rings. The minimum absolute atomic E-state index is 0.0394. The van der Waals surface area contributed by atoms with Gasteiger partial charge in [-0.05, 0) is 46.0 Å². The molecule has 3 rings (SSSR count). The summed E-state index contributed by atoms with van der Waals surface area (Å²) in [5.74, 6) is 0.0637. The normalized spacial score (nSPS) is 24.0. The lowest BCUT2D eigenvalue weighted by Gasteiger charge is -2.39. The Labute approximate surface area is 172 Å². The van der Waals surface area contributed by atoms with Crippen molar-refractivity contribution in [2.45, 2.75) is 71.6 Å². The molecule has 1 aromatic heterocycles. The molecule has 8 heteroatoms. The number of hydrogen-bond donors (Lipinski definition) is 2. The fourth-order valence-electron chi connectivity index (χ4n) is 4.31. The largest absolute Gasteiger partial charge is 0.456 e. The van der Waals surface area contributed by atoms with Gasteiger partial charge in [-0.2, -0.15) is 0 Å². The van der Waals surface area contributed by atoms with Crippen molar-refractivity contribution in [2.24, 2.45) is 5.92 Å². The zero-order chi connectivity index (χ0) is 21.3. The van der Waals surface area contributed by atoms with E-state index in [2.05, 4.69) is 22.1 Å². The van der Waals surface area contributed by atoms with Crippen LogP contribution in [0.3, 0.4) is 0 Å². The third kappa shape index (κ3) is 5.10. The van der Waals surface area contributed by atoms with Crippen LogP contribution in [0.5, 0.6) is 0 Å². The van der Waals surface area contributed by atoms with E-state index >= 15 is 0 Å². The Hall–Kier alpha value is -2.51. The quantitative estimate of drug-likeness (QED) is 0.746. The number of nitrogen functional groups attached to an aromatic ring is 1. The second-order valence-corrected chi connectivity index (χ2v) is 9.15. The molecule has 1 saturated heterocycles. The summed E-state index contributed by atoms with van der Waals surface area (Å²) < 4.78 is 10.8. The number of ether oxygens (including phenoxy) is 2. The summed E-state index contributed by atoms with van der Waals surface area (Å²) in [6, 6.07) is -0.0394. The number of esters is 1. The van der Waals surface area contributed by atoms with E-state index in [-0.39, 0.29) is 18.1 Å². The Bertz CT molecular complexity index is 790. The highest BCUT2D eigenvalue weighted by Crippen LogP contribution is 2.42. The molecule has 0 bridgehead atoms. The van der Waals surface area contributed by atoms with Crippen molar-refractivity contribution >= 4 is 23.4 Å². The number of nitrogens with one attached hydrogen (secondary N) is 1. The molecule has 3 N–H and O–H groups in total. The number of aromatic nitrogens is 1. The summed E-state index contributed by atoms with van der Waals surface area (Å²) in [6.07, 6.45) is 3.26. The maximum absolute atomic E-state index is 12.2. The summed E-state index contributed by atoms with van der Waals surface area (Å²) in [6.45, 7) is 10.6. The molecule has 0 spiro atoms. The molecule has 1 aliphatic carbocycles. The van der Waals surface area contributed by atoms with E-state index in [1.54, 1.807) is 6.20 Å². The van der Waals surface area contributed by atoms with Crippen molar-refractivity contribution in [2.75, 3.05) is 23.7 Å². The number of pyridine rings is 1. The van der Waals surface area contributed by atoms with Crippen molar-refractivity contribution in [3.8, 4) is 0 Å².